The summed E-state index contributed by atoms with van der Waals surface area (Å²) in [7, 11) is 0. The van der Waals surface area contributed by atoms with Crippen molar-refractivity contribution < 1.29 is 19.1 Å². The number of fused-ring (bicyclic) bond motifs is 2. The van der Waals surface area contributed by atoms with Crippen molar-refractivity contribution in [2.24, 2.45) is 5.92 Å². The third-order valence-corrected chi connectivity index (χ3v) is 7.85. The molecule has 4 rings (SSSR count). The SMILES string of the molecule is CC1(C)c2sc(=O)[nH]c2SC2C(=O)N(CC(=O)N3CCOCC3)C(=O)C21. The van der Waals surface area contributed by atoms with Crippen molar-refractivity contribution in [3.05, 3.63) is 14.5 Å². The van der Waals surface area contributed by atoms with Gasteiger partial charge in [-0.3, -0.25) is 24.1 Å². The predicted molar refractivity (Wildman–Crippen MR) is 95.2 cm³/mol. The summed E-state index contributed by atoms with van der Waals surface area (Å²) in [5, 5.41) is 0.0569. The fraction of sp³-hybridized carbons (Fsp3) is 0.625. The lowest BCUT2D eigenvalue weighted by Gasteiger charge is -2.36. The third-order valence-electron chi connectivity index (χ3n) is 5.23. The molecule has 3 aliphatic heterocycles. The number of thiazole rings is 1. The van der Waals surface area contributed by atoms with Crippen LogP contribution in [-0.2, 0) is 24.5 Å². The van der Waals surface area contributed by atoms with Crippen molar-refractivity contribution in [1.29, 1.82) is 0 Å². The van der Waals surface area contributed by atoms with Crippen LogP contribution in [0.3, 0.4) is 0 Å². The Morgan fingerprint density at radius 3 is 2.62 bits per heavy atom. The van der Waals surface area contributed by atoms with E-state index in [0.29, 0.717) is 31.3 Å². The molecule has 1 aromatic rings. The number of carbonyl (C=O) groups excluding carboxylic acids is 3. The predicted octanol–water partition coefficient (Wildman–Crippen LogP) is 0.0321. The normalized spacial score (nSPS) is 27.5. The Morgan fingerprint density at radius 2 is 1.92 bits per heavy atom. The summed E-state index contributed by atoms with van der Waals surface area (Å²) in [4.78, 5) is 56.2. The number of H-pyrrole nitrogens is 1. The number of amides is 3. The fourth-order valence-electron chi connectivity index (χ4n) is 3.80. The van der Waals surface area contributed by atoms with Crippen LogP contribution >= 0.6 is 23.1 Å². The smallest absolute Gasteiger partial charge is 0.305 e. The van der Waals surface area contributed by atoms with Gasteiger partial charge in [0.1, 0.15) is 11.8 Å². The van der Waals surface area contributed by atoms with E-state index < -0.39 is 16.6 Å². The van der Waals surface area contributed by atoms with Gasteiger partial charge in [-0.1, -0.05) is 36.9 Å². The van der Waals surface area contributed by atoms with Gasteiger partial charge in [-0.05, 0) is 0 Å². The number of hydrogen-bond acceptors (Lipinski definition) is 7. The lowest BCUT2D eigenvalue weighted by atomic mass is 9.76. The van der Waals surface area contributed by atoms with Crippen LogP contribution in [0.4, 0.5) is 0 Å². The molecule has 3 aliphatic rings. The maximum Gasteiger partial charge on any atom is 0.305 e. The van der Waals surface area contributed by atoms with Gasteiger partial charge in [-0.2, -0.15) is 0 Å². The van der Waals surface area contributed by atoms with Gasteiger partial charge in [0.15, 0.2) is 0 Å². The number of hydrogen-bond donors (Lipinski definition) is 1. The number of thioether (sulfide) groups is 1. The Hall–Kier alpha value is -1.65. The van der Waals surface area contributed by atoms with Gasteiger partial charge in [-0.25, -0.2) is 0 Å². The minimum absolute atomic E-state index is 0.185. The average molecular weight is 397 g/mol. The van der Waals surface area contributed by atoms with Crippen molar-refractivity contribution in [3.8, 4) is 0 Å². The molecule has 0 aliphatic carbocycles. The standard InChI is InChI=1S/C16H19N3O5S2/c1-16(2)9-10(25-12-11(16)26-15(23)17-12)14(22)19(13(9)21)7-8(20)18-3-5-24-6-4-18/h9-10H,3-7H2,1-2H3,(H,17,23). The maximum absolute atomic E-state index is 13.0. The van der Waals surface area contributed by atoms with Crippen molar-refractivity contribution in [1.82, 2.24) is 14.8 Å². The average Bonchev–Trinajstić information content (AvgIpc) is 3.09. The van der Waals surface area contributed by atoms with E-state index in [4.69, 9.17) is 4.74 Å². The van der Waals surface area contributed by atoms with Crippen molar-refractivity contribution in [2.45, 2.75) is 29.5 Å². The van der Waals surface area contributed by atoms with E-state index in [0.717, 1.165) is 21.1 Å². The Balaban J connectivity index is 1.59. The minimum Gasteiger partial charge on any atom is -0.378 e. The van der Waals surface area contributed by atoms with Crippen LogP contribution in [0.25, 0.3) is 0 Å². The molecule has 1 N–H and O–H groups in total. The first-order valence-corrected chi connectivity index (χ1v) is 10.1. The van der Waals surface area contributed by atoms with Gasteiger partial charge in [0.2, 0.25) is 17.7 Å². The lowest BCUT2D eigenvalue weighted by molar-refractivity contribution is -0.148. The van der Waals surface area contributed by atoms with E-state index in [1.807, 2.05) is 13.8 Å². The quantitative estimate of drug-likeness (QED) is 0.707. The van der Waals surface area contributed by atoms with Gasteiger partial charge in [0.05, 0.1) is 24.2 Å². The van der Waals surface area contributed by atoms with E-state index in [-0.39, 0.29) is 29.1 Å². The highest BCUT2D eigenvalue weighted by Crippen LogP contribution is 2.52. The first-order chi connectivity index (χ1) is 12.3. The Bertz CT molecular complexity index is 839. The van der Waals surface area contributed by atoms with Gasteiger partial charge in [0, 0.05) is 23.4 Å². The molecule has 3 amide bonds. The summed E-state index contributed by atoms with van der Waals surface area (Å²) in [6, 6.07) is 0. The second kappa shape index (κ2) is 6.21. The molecule has 0 radical (unpaired) electrons. The molecular weight excluding hydrogens is 378 g/mol. The number of likely N-dealkylation sites (tertiary alicyclic amines) is 1. The largest absolute Gasteiger partial charge is 0.378 e. The van der Waals surface area contributed by atoms with Crippen LogP contribution in [0.15, 0.2) is 9.82 Å². The molecule has 2 atom stereocenters. The molecule has 2 saturated heterocycles. The molecule has 26 heavy (non-hydrogen) atoms. The van der Waals surface area contributed by atoms with Gasteiger partial charge < -0.3 is 14.6 Å². The first kappa shape index (κ1) is 17.7. The second-order valence-electron chi connectivity index (χ2n) is 7.17. The molecule has 1 aromatic heterocycles. The molecule has 0 bridgehead atoms. The first-order valence-electron chi connectivity index (χ1n) is 8.41. The molecule has 10 heteroatoms. The topological polar surface area (TPSA) is 99.8 Å². The van der Waals surface area contributed by atoms with Crippen LogP contribution < -0.4 is 4.87 Å². The number of nitrogens with one attached hydrogen (secondary N) is 1. The Kier molecular flexibility index (Phi) is 4.24. The molecule has 2 unspecified atom stereocenters. The number of nitrogens with zero attached hydrogens (tertiary/aromatic N) is 2. The summed E-state index contributed by atoms with van der Waals surface area (Å²) < 4.78 is 5.23. The number of aromatic amines is 1. The van der Waals surface area contributed by atoms with Crippen LogP contribution in [0.5, 0.6) is 0 Å². The van der Waals surface area contributed by atoms with Crippen LogP contribution in [0, 0.1) is 5.92 Å². The highest BCUT2D eigenvalue weighted by Gasteiger charge is 2.59. The summed E-state index contributed by atoms with van der Waals surface area (Å²) in [6.07, 6.45) is 0. The summed E-state index contributed by atoms with van der Waals surface area (Å²) >= 11 is 2.31. The number of imide groups is 1. The Morgan fingerprint density at radius 1 is 1.23 bits per heavy atom. The molecule has 8 nitrogen and oxygen atoms in total. The van der Waals surface area contributed by atoms with Crippen LogP contribution in [0.2, 0.25) is 0 Å². The van der Waals surface area contributed by atoms with Crippen molar-refractivity contribution >= 4 is 40.8 Å². The number of ether oxygens (including phenoxy) is 1. The monoisotopic (exact) mass is 397 g/mol. The lowest BCUT2D eigenvalue weighted by Crippen LogP contribution is -2.47. The molecular formula is C16H19N3O5S2. The number of aromatic nitrogens is 1. The Labute approximate surface area is 157 Å². The second-order valence-corrected chi connectivity index (χ2v) is 9.30. The fourth-order valence-corrected chi connectivity index (χ4v) is 6.60. The van der Waals surface area contributed by atoms with Gasteiger partial charge >= 0.3 is 4.87 Å². The van der Waals surface area contributed by atoms with E-state index in [1.54, 1.807) is 4.90 Å². The van der Waals surface area contributed by atoms with Crippen molar-refractivity contribution in [3.63, 3.8) is 0 Å². The molecule has 0 aromatic carbocycles. The molecule has 4 heterocycles. The summed E-state index contributed by atoms with van der Waals surface area (Å²) in [5.74, 6) is -1.49. The molecule has 0 spiro atoms. The van der Waals surface area contributed by atoms with Crippen LogP contribution in [-0.4, -0.2) is 70.6 Å². The summed E-state index contributed by atoms with van der Waals surface area (Å²) in [5.41, 5.74) is -0.640. The van der Waals surface area contributed by atoms with Crippen LogP contribution in [0.1, 0.15) is 18.7 Å². The van der Waals surface area contributed by atoms with Crippen molar-refractivity contribution in [2.75, 3.05) is 32.8 Å². The molecule has 140 valence electrons. The van der Waals surface area contributed by atoms with E-state index in [1.165, 1.54) is 11.8 Å². The highest BCUT2D eigenvalue weighted by molar-refractivity contribution is 8.00. The number of morpholine rings is 1. The highest BCUT2D eigenvalue weighted by atomic mass is 32.2. The van der Waals surface area contributed by atoms with Gasteiger partial charge in [-0.15, -0.1) is 0 Å². The van der Waals surface area contributed by atoms with E-state index in [2.05, 4.69) is 4.98 Å². The zero-order valence-electron chi connectivity index (χ0n) is 14.4. The zero-order valence-corrected chi connectivity index (χ0v) is 16.1. The molecule has 2 fully saturated rings. The third kappa shape index (κ3) is 2.62. The summed E-state index contributed by atoms with van der Waals surface area (Å²) in [6.45, 7) is 5.41. The zero-order chi connectivity index (χ0) is 18.6. The number of rotatable bonds is 2. The van der Waals surface area contributed by atoms with E-state index in [9.17, 15) is 19.2 Å². The minimum atomic E-state index is -0.640. The molecule has 0 saturated carbocycles. The van der Waals surface area contributed by atoms with E-state index >= 15 is 0 Å². The number of carbonyl (C=O) groups is 3. The van der Waals surface area contributed by atoms with Gasteiger partial charge in [0.25, 0.3) is 0 Å². The maximum atomic E-state index is 13.0.